The SMILES string of the molecule is COc1cc(-c2c3c(OC(F)F)cc(-c4cn(C)nn4)cc3nn2C)cc(OC(F)F)c1C(=O)N1CC(O)(C(F)(F)F)C1. The molecule has 1 saturated heterocycles. The average molecular weight is 618 g/mol. The third kappa shape index (κ3) is 5.37. The minimum absolute atomic E-state index is 0.00387. The lowest BCUT2D eigenvalue weighted by Crippen LogP contribution is -2.70. The average Bonchev–Trinajstić information content (AvgIpc) is 3.46. The number of alkyl halides is 7. The van der Waals surface area contributed by atoms with E-state index in [1.54, 1.807) is 7.05 Å². The molecule has 1 aliphatic heterocycles. The molecule has 2 aromatic heterocycles. The number of carbonyl (C=O) groups is 1. The van der Waals surface area contributed by atoms with Gasteiger partial charge >= 0.3 is 19.4 Å². The number of aromatic nitrogens is 5. The maximum Gasteiger partial charge on any atom is 0.420 e. The molecule has 18 heteroatoms. The third-order valence-electron chi connectivity index (χ3n) is 6.72. The summed E-state index contributed by atoms with van der Waals surface area (Å²) in [6.45, 7) is -9.05. The highest BCUT2D eigenvalue weighted by Crippen LogP contribution is 2.44. The van der Waals surface area contributed by atoms with Gasteiger partial charge in [0.1, 0.15) is 28.5 Å². The number of hydrogen-bond acceptors (Lipinski definition) is 8. The first-order chi connectivity index (χ1) is 20.1. The molecule has 0 atom stereocenters. The van der Waals surface area contributed by atoms with Crippen LogP contribution in [0.15, 0.2) is 30.5 Å². The van der Waals surface area contributed by atoms with E-state index >= 15 is 0 Å². The van der Waals surface area contributed by atoms with Crippen LogP contribution in [-0.2, 0) is 14.1 Å². The fraction of sp³-hybridized carbons (Fsp3) is 0.360. The first-order valence-electron chi connectivity index (χ1n) is 12.2. The van der Waals surface area contributed by atoms with Crippen LogP contribution in [0.2, 0.25) is 0 Å². The maximum atomic E-state index is 13.5. The van der Waals surface area contributed by atoms with Crippen molar-refractivity contribution >= 4 is 16.8 Å². The Labute approximate surface area is 236 Å². The zero-order valence-electron chi connectivity index (χ0n) is 22.4. The molecule has 1 fully saturated rings. The summed E-state index contributed by atoms with van der Waals surface area (Å²) < 4.78 is 111. The highest BCUT2D eigenvalue weighted by Gasteiger charge is 2.62. The Morgan fingerprint density at radius 2 is 1.58 bits per heavy atom. The standard InChI is InChI=1S/C25H21F7N6O5/c1-36-8-14(33-35-36)11-4-13-18(16(5-11)42-22(26)27)20(37(2)34-13)12-6-15(41-3)19(17(7-12)43-23(28)29)21(39)38-9-24(40,10-38)25(30,31)32/h4-8,22-23,40H,9-10H2,1-3H3. The number of hydrogen-bond donors (Lipinski definition) is 1. The summed E-state index contributed by atoms with van der Waals surface area (Å²) in [5, 5.41) is 21.9. The van der Waals surface area contributed by atoms with Gasteiger partial charge in [-0.05, 0) is 24.3 Å². The number of halogens is 7. The number of likely N-dealkylation sites (tertiary alicyclic amines) is 1. The number of fused-ring (bicyclic) bond motifs is 1. The van der Waals surface area contributed by atoms with E-state index < -0.39 is 55.3 Å². The van der Waals surface area contributed by atoms with Gasteiger partial charge in [0.2, 0.25) is 0 Å². The van der Waals surface area contributed by atoms with Crippen LogP contribution in [0.1, 0.15) is 10.4 Å². The van der Waals surface area contributed by atoms with Crippen molar-refractivity contribution in [2.75, 3.05) is 20.2 Å². The van der Waals surface area contributed by atoms with Gasteiger partial charge in [0.05, 0.1) is 43.0 Å². The molecule has 0 unspecified atom stereocenters. The minimum Gasteiger partial charge on any atom is -0.496 e. The van der Waals surface area contributed by atoms with Gasteiger partial charge in [0, 0.05) is 25.2 Å². The molecular weight excluding hydrogens is 597 g/mol. The van der Waals surface area contributed by atoms with E-state index in [0.717, 1.165) is 13.2 Å². The molecule has 1 aliphatic rings. The largest absolute Gasteiger partial charge is 0.496 e. The second-order valence-corrected chi connectivity index (χ2v) is 9.62. The van der Waals surface area contributed by atoms with Crippen LogP contribution in [0.3, 0.4) is 0 Å². The summed E-state index contributed by atoms with van der Waals surface area (Å²) in [6, 6.07) is 4.93. The van der Waals surface area contributed by atoms with Gasteiger partial charge in [-0.1, -0.05) is 5.21 Å². The quantitative estimate of drug-likeness (QED) is 0.295. The molecule has 0 saturated carbocycles. The van der Waals surface area contributed by atoms with Gasteiger partial charge in [0.15, 0.2) is 5.60 Å². The van der Waals surface area contributed by atoms with E-state index in [9.17, 15) is 40.6 Å². The van der Waals surface area contributed by atoms with Crippen molar-refractivity contribution in [3.8, 4) is 39.8 Å². The maximum absolute atomic E-state index is 13.5. The van der Waals surface area contributed by atoms with E-state index in [1.165, 1.54) is 40.8 Å². The molecule has 43 heavy (non-hydrogen) atoms. The van der Waals surface area contributed by atoms with Crippen LogP contribution in [0.4, 0.5) is 30.7 Å². The fourth-order valence-electron chi connectivity index (χ4n) is 4.79. The van der Waals surface area contributed by atoms with E-state index in [1.807, 2.05) is 0 Å². The lowest BCUT2D eigenvalue weighted by Gasteiger charge is -2.47. The van der Waals surface area contributed by atoms with Crippen LogP contribution in [0.25, 0.3) is 33.4 Å². The molecule has 0 radical (unpaired) electrons. The Balaban J connectivity index is 1.66. The van der Waals surface area contributed by atoms with Crippen LogP contribution >= 0.6 is 0 Å². The van der Waals surface area contributed by atoms with Gasteiger partial charge in [-0.2, -0.15) is 35.8 Å². The Kier molecular flexibility index (Phi) is 7.35. The van der Waals surface area contributed by atoms with E-state index in [0.29, 0.717) is 16.2 Å². The topological polar surface area (TPSA) is 117 Å². The van der Waals surface area contributed by atoms with Gasteiger partial charge in [-0.15, -0.1) is 5.10 Å². The lowest BCUT2D eigenvalue weighted by molar-refractivity contribution is -0.294. The van der Waals surface area contributed by atoms with Gasteiger partial charge in [-0.3, -0.25) is 14.2 Å². The smallest absolute Gasteiger partial charge is 0.420 e. The number of ether oxygens (including phenoxy) is 3. The molecule has 230 valence electrons. The molecule has 11 nitrogen and oxygen atoms in total. The first-order valence-corrected chi connectivity index (χ1v) is 12.2. The predicted molar refractivity (Wildman–Crippen MR) is 133 cm³/mol. The number of nitrogens with zero attached hydrogens (tertiary/aromatic N) is 6. The Hall–Kier alpha value is -4.61. The van der Waals surface area contributed by atoms with Gasteiger partial charge in [-0.25, -0.2) is 0 Å². The summed E-state index contributed by atoms with van der Waals surface area (Å²) >= 11 is 0. The molecule has 2 aromatic carbocycles. The third-order valence-corrected chi connectivity index (χ3v) is 6.72. The van der Waals surface area contributed by atoms with Crippen LogP contribution in [0.5, 0.6) is 17.2 Å². The predicted octanol–water partition coefficient (Wildman–Crippen LogP) is 4.00. The fourth-order valence-corrected chi connectivity index (χ4v) is 4.79. The summed E-state index contributed by atoms with van der Waals surface area (Å²) in [4.78, 5) is 13.7. The van der Waals surface area contributed by atoms with E-state index in [2.05, 4.69) is 20.1 Å². The van der Waals surface area contributed by atoms with Crippen LogP contribution in [0, 0.1) is 0 Å². The first kappa shape index (κ1) is 29.9. The Morgan fingerprint density at radius 3 is 2.14 bits per heavy atom. The summed E-state index contributed by atoms with van der Waals surface area (Å²) in [7, 11) is 4.11. The Morgan fingerprint density at radius 1 is 0.977 bits per heavy atom. The monoisotopic (exact) mass is 618 g/mol. The number of β-amino-alcohol motifs (C(OH)–C–C–N with tert-alkyl or cyclic N) is 1. The minimum atomic E-state index is -5.04. The lowest BCUT2D eigenvalue weighted by atomic mass is 9.92. The number of aliphatic hydroxyl groups is 1. The second-order valence-electron chi connectivity index (χ2n) is 9.62. The van der Waals surface area contributed by atoms with Crippen LogP contribution < -0.4 is 14.2 Å². The molecule has 4 aromatic rings. The van der Waals surface area contributed by atoms with Gasteiger partial charge in [0.25, 0.3) is 5.91 Å². The molecule has 5 rings (SSSR count). The number of carbonyl (C=O) groups excluding carboxylic acids is 1. The zero-order valence-corrected chi connectivity index (χ0v) is 22.4. The zero-order chi connectivity index (χ0) is 31.4. The summed E-state index contributed by atoms with van der Waals surface area (Å²) in [6.07, 6.45) is -3.51. The van der Waals surface area contributed by atoms with Crippen LogP contribution in [-0.4, -0.2) is 85.9 Å². The van der Waals surface area contributed by atoms with E-state index in [4.69, 9.17) is 9.47 Å². The van der Waals surface area contributed by atoms with Crippen molar-refractivity contribution in [2.24, 2.45) is 14.1 Å². The molecule has 1 amide bonds. The van der Waals surface area contributed by atoms with Crippen molar-refractivity contribution in [3.63, 3.8) is 0 Å². The number of benzene rings is 2. The van der Waals surface area contributed by atoms with Crippen molar-refractivity contribution in [2.45, 2.75) is 25.0 Å². The van der Waals surface area contributed by atoms with Crippen molar-refractivity contribution < 1.29 is 54.8 Å². The molecule has 1 N–H and O–H groups in total. The number of rotatable bonds is 8. The van der Waals surface area contributed by atoms with Crippen molar-refractivity contribution in [1.82, 2.24) is 29.7 Å². The number of amides is 1. The van der Waals surface area contributed by atoms with Crippen molar-refractivity contribution in [1.29, 1.82) is 0 Å². The highest BCUT2D eigenvalue weighted by molar-refractivity contribution is 6.04. The number of methoxy groups -OCH3 is 1. The summed E-state index contributed by atoms with van der Waals surface area (Å²) in [5.41, 5.74) is -2.97. The highest BCUT2D eigenvalue weighted by atomic mass is 19.4. The normalized spacial score (nSPS) is 14.9. The van der Waals surface area contributed by atoms with Crippen molar-refractivity contribution in [3.05, 3.63) is 36.0 Å². The molecule has 0 bridgehead atoms. The molecule has 0 spiro atoms. The van der Waals surface area contributed by atoms with Gasteiger partial charge < -0.3 is 24.2 Å². The Bertz CT molecular complexity index is 1700. The second kappa shape index (κ2) is 10.6. The molecule has 3 heterocycles. The number of aryl methyl sites for hydroxylation is 2. The van der Waals surface area contributed by atoms with E-state index in [-0.39, 0.29) is 33.7 Å². The molecule has 0 aliphatic carbocycles. The summed E-state index contributed by atoms with van der Waals surface area (Å²) in [5.74, 6) is -2.70. The molecular formula is C25H21F7N6O5.